The smallest absolute Gasteiger partial charge is 0.257 e. The van der Waals surface area contributed by atoms with E-state index >= 15 is 0 Å². The molecular formula is C12H8Cl2IN3O. The van der Waals surface area contributed by atoms with Gasteiger partial charge in [-0.25, -0.2) is 4.98 Å². The number of anilines is 2. The molecule has 0 fully saturated rings. The van der Waals surface area contributed by atoms with E-state index in [0.717, 1.165) is 3.57 Å². The number of nitrogens with two attached hydrogens (primary N) is 1. The summed E-state index contributed by atoms with van der Waals surface area (Å²) in [5.41, 5.74) is 6.91. The van der Waals surface area contributed by atoms with E-state index in [-0.39, 0.29) is 22.3 Å². The predicted octanol–water partition coefficient (Wildman–Crippen LogP) is 3.83. The molecule has 0 aliphatic carbocycles. The summed E-state index contributed by atoms with van der Waals surface area (Å²) < 4.78 is 0.831. The molecule has 2 rings (SSSR count). The zero-order valence-corrected chi connectivity index (χ0v) is 13.1. The third-order valence-electron chi connectivity index (χ3n) is 2.33. The van der Waals surface area contributed by atoms with E-state index < -0.39 is 0 Å². The van der Waals surface area contributed by atoms with Crippen molar-refractivity contribution in [3.8, 4) is 0 Å². The van der Waals surface area contributed by atoms with E-state index in [1.165, 1.54) is 12.3 Å². The van der Waals surface area contributed by atoms with Crippen molar-refractivity contribution in [1.82, 2.24) is 4.98 Å². The molecule has 7 heteroatoms. The lowest BCUT2D eigenvalue weighted by Crippen LogP contribution is -2.15. The molecule has 0 bridgehead atoms. The molecule has 1 aromatic heterocycles. The first-order valence-electron chi connectivity index (χ1n) is 5.15. The molecule has 0 saturated carbocycles. The van der Waals surface area contributed by atoms with Crippen LogP contribution in [0, 0.1) is 3.57 Å². The predicted molar refractivity (Wildman–Crippen MR) is 85.8 cm³/mol. The molecule has 1 aromatic carbocycles. The SMILES string of the molecule is Nc1cnc(Cl)cc1C(=O)Nc1ccc(Cl)cc1I. The number of aromatic nitrogens is 1. The third kappa shape index (κ3) is 3.49. The Kier molecular flexibility index (Phi) is 4.49. The van der Waals surface area contributed by atoms with E-state index in [2.05, 4.69) is 32.9 Å². The Morgan fingerprint density at radius 2 is 2.05 bits per heavy atom. The van der Waals surface area contributed by atoms with Crippen LogP contribution in [0.2, 0.25) is 10.2 Å². The van der Waals surface area contributed by atoms with E-state index in [9.17, 15) is 4.79 Å². The molecular weight excluding hydrogens is 400 g/mol. The van der Waals surface area contributed by atoms with Crippen LogP contribution < -0.4 is 11.1 Å². The molecule has 4 nitrogen and oxygen atoms in total. The van der Waals surface area contributed by atoms with Crippen LogP contribution in [0.4, 0.5) is 11.4 Å². The van der Waals surface area contributed by atoms with Crippen molar-refractivity contribution < 1.29 is 4.79 Å². The number of hydrogen-bond donors (Lipinski definition) is 2. The van der Waals surface area contributed by atoms with Crippen LogP contribution in [0.5, 0.6) is 0 Å². The maximum Gasteiger partial charge on any atom is 0.257 e. The summed E-state index contributed by atoms with van der Waals surface area (Å²) in [6.07, 6.45) is 1.35. The monoisotopic (exact) mass is 407 g/mol. The number of rotatable bonds is 2. The molecule has 1 heterocycles. The molecule has 0 aliphatic heterocycles. The van der Waals surface area contributed by atoms with Crippen molar-refractivity contribution in [3.63, 3.8) is 0 Å². The normalized spacial score (nSPS) is 10.3. The molecule has 2 aromatic rings. The van der Waals surface area contributed by atoms with Crippen molar-refractivity contribution in [2.24, 2.45) is 0 Å². The average Bonchev–Trinajstić information content (AvgIpc) is 2.35. The molecule has 0 saturated heterocycles. The summed E-state index contributed by atoms with van der Waals surface area (Å²) in [4.78, 5) is 15.9. The summed E-state index contributed by atoms with van der Waals surface area (Å²) >= 11 is 13.7. The number of benzene rings is 1. The van der Waals surface area contributed by atoms with Crippen LogP contribution in [0.3, 0.4) is 0 Å². The highest BCUT2D eigenvalue weighted by Gasteiger charge is 2.12. The fraction of sp³-hybridized carbons (Fsp3) is 0. The van der Waals surface area contributed by atoms with Gasteiger partial charge in [-0.15, -0.1) is 0 Å². The Hall–Kier alpha value is -1.05. The minimum Gasteiger partial charge on any atom is -0.397 e. The molecule has 3 N–H and O–H groups in total. The molecule has 1 amide bonds. The van der Waals surface area contributed by atoms with Crippen LogP contribution in [0.25, 0.3) is 0 Å². The highest BCUT2D eigenvalue weighted by Crippen LogP contribution is 2.24. The lowest BCUT2D eigenvalue weighted by molar-refractivity contribution is 0.102. The number of nitrogen functional groups attached to an aromatic ring is 1. The van der Waals surface area contributed by atoms with Gasteiger partial charge in [0.1, 0.15) is 5.15 Å². The van der Waals surface area contributed by atoms with Gasteiger partial charge in [0.2, 0.25) is 0 Å². The zero-order chi connectivity index (χ0) is 14.0. The fourth-order valence-electron chi connectivity index (χ4n) is 1.42. The third-order valence-corrected chi connectivity index (χ3v) is 3.66. The second kappa shape index (κ2) is 5.94. The Morgan fingerprint density at radius 3 is 2.74 bits per heavy atom. The van der Waals surface area contributed by atoms with E-state index in [0.29, 0.717) is 10.7 Å². The number of carbonyl (C=O) groups is 1. The number of nitrogens with zero attached hydrogens (tertiary/aromatic N) is 1. The molecule has 0 radical (unpaired) electrons. The van der Waals surface area contributed by atoms with Crippen LogP contribution in [-0.4, -0.2) is 10.9 Å². The Morgan fingerprint density at radius 1 is 1.32 bits per heavy atom. The number of amides is 1. The molecule has 0 atom stereocenters. The summed E-state index contributed by atoms with van der Waals surface area (Å²) in [6.45, 7) is 0. The quantitative estimate of drug-likeness (QED) is 0.587. The minimum absolute atomic E-state index is 0.213. The van der Waals surface area contributed by atoms with E-state index in [4.69, 9.17) is 28.9 Å². The van der Waals surface area contributed by atoms with Gasteiger partial charge in [-0.05, 0) is 46.9 Å². The van der Waals surface area contributed by atoms with Gasteiger partial charge in [-0.1, -0.05) is 23.2 Å². The van der Waals surface area contributed by atoms with Crippen molar-refractivity contribution in [3.05, 3.63) is 49.8 Å². The fourth-order valence-corrected chi connectivity index (χ4v) is 2.58. The van der Waals surface area contributed by atoms with Crippen molar-refractivity contribution in [2.75, 3.05) is 11.1 Å². The molecule has 0 unspecified atom stereocenters. The van der Waals surface area contributed by atoms with Gasteiger partial charge in [0, 0.05) is 8.59 Å². The van der Waals surface area contributed by atoms with Gasteiger partial charge in [0.05, 0.1) is 23.1 Å². The molecule has 0 spiro atoms. The van der Waals surface area contributed by atoms with Crippen LogP contribution >= 0.6 is 45.8 Å². The Bertz CT molecular complexity index is 649. The summed E-state index contributed by atoms with van der Waals surface area (Å²) in [5.74, 6) is -0.345. The lowest BCUT2D eigenvalue weighted by Gasteiger charge is -2.09. The van der Waals surface area contributed by atoms with Gasteiger partial charge in [0.15, 0.2) is 0 Å². The van der Waals surface area contributed by atoms with Gasteiger partial charge >= 0.3 is 0 Å². The molecule has 0 aliphatic rings. The second-order valence-corrected chi connectivity index (χ2v) is 5.66. The van der Waals surface area contributed by atoms with Crippen molar-refractivity contribution >= 4 is 63.1 Å². The van der Waals surface area contributed by atoms with Gasteiger partial charge in [-0.3, -0.25) is 4.79 Å². The van der Waals surface area contributed by atoms with E-state index in [1.54, 1.807) is 18.2 Å². The van der Waals surface area contributed by atoms with Gasteiger partial charge in [-0.2, -0.15) is 0 Å². The van der Waals surface area contributed by atoms with Crippen molar-refractivity contribution in [2.45, 2.75) is 0 Å². The van der Waals surface area contributed by atoms with Gasteiger partial charge in [0.25, 0.3) is 5.91 Å². The highest BCUT2D eigenvalue weighted by molar-refractivity contribution is 14.1. The van der Waals surface area contributed by atoms with Crippen LogP contribution in [0.15, 0.2) is 30.5 Å². The zero-order valence-electron chi connectivity index (χ0n) is 9.45. The summed E-state index contributed by atoms with van der Waals surface area (Å²) in [6, 6.07) is 6.60. The van der Waals surface area contributed by atoms with Crippen LogP contribution in [0.1, 0.15) is 10.4 Å². The lowest BCUT2D eigenvalue weighted by atomic mass is 10.2. The van der Waals surface area contributed by atoms with E-state index in [1.807, 2.05) is 0 Å². The van der Waals surface area contributed by atoms with Crippen molar-refractivity contribution in [1.29, 1.82) is 0 Å². The Balaban J connectivity index is 2.28. The number of halogens is 3. The summed E-state index contributed by atoms with van der Waals surface area (Å²) in [5, 5.41) is 3.57. The van der Waals surface area contributed by atoms with Gasteiger partial charge < -0.3 is 11.1 Å². The number of hydrogen-bond acceptors (Lipinski definition) is 3. The first kappa shape index (κ1) is 14.4. The standard InChI is InChI=1S/C12H8Cl2IN3O/c13-6-1-2-10(8(15)3-6)18-12(19)7-4-11(14)17-5-9(7)16/h1-5H,16H2,(H,18,19). The summed E-state index contributed by atoms with van der Waals surface area (Å²) in [7, 11) is 0. The minimum atomic E-state index is -0.345. The largest absolute Gasteiger partial charge is 0.397 e. The first-order chi connectivity index (χ1) is 8.97. The molecule has 19 heavy (non-hydrogen) atoms. The Labute approximate surface area is 133 Å². The molecule has 98 valence electrons. The second-order valence-electron chi connectivity index (χ2n) is 3.67. The number of pyridine rings is 1. The first-order valence-corrected chi connectivity index (χ1v) is 6.98. The average molecular weight is 408 g/mol. The maximum atomic E-state index is 12.1. The highest BCUT2D eigenvalue weighted by atomic mass is 127. The topological polar surface area (TPSA) is 68.0 Å². The number of nitrogens with one attached hydrogen (secondary N) is 1. The van der Waals surface area contributed by atoms with Crippen LogP contribution in [-0.2, 0) is 0 Å². The number of carbonyl (C=O) groups excluding carboxylic acids is 1. The maximum absolute atomic E-state index is 12.1.